The highest BCUT2D eigenvalue weighted by molar-refractivity contribution is 4.77. The molecule has 2 atom stereocenters. The van der Waals surface area contributed by atoms with Crippen LogP contribution < -0.4 is 5.32 Å². The molecule has 4 nitrogen and oxygen atoms in total. The Kier molecular flexibility index (Phi) is 4.73. The minimum atomic E-state index is -0.447. The summed E-state index contributed by atoms with van der Waals surface area (Å²) in [6.07, 6.45) is 1.08. The number of rotatable bonds is 6. The first-order valence-electron chi connectivity index (χ1n) is 6.04. The summed E-state index contributed by atoms with van der Waals surface area (Å²) in [6, 6.07) is 0. The molecule has 0 bridgehead atoms. The second kappa shape index (κ2) is 5.45. The molecule has 1 saturated heterocycles. The van der Waals surface area contributed by atoms with Crippen molar-refractivity contribution in [3.63, 3.8) is 0 Å². The fraction of sp³-hybridized carbons (Fsp3) is 1.00. The van der Waals surface area contributed by atoms with Gasteiger partial charge in [-0.25, -0.2) is 0 Å². The van der Waals surface area contributed by atoms with Crippen molar-refractivity contribution >= 4 is 0 Å². The molecule has 4 heteroatoms. The number of aliphatic hydroxyl groups is 1. The smallest absolute Gasteiger partial charge is 0.163 e. The van der Waals surface area contributed by atoms with E-state index in [0.29, 0.717) is 6.61 Å². The third-order valence-electron chi connectivity index (χ3n) is 3.23. The molecular formula is C12H25NO3. The van der Waals surface area contributed by atoms with Gasteiger partial charge >= 0.3 is 0 Å². The van der Waals surface area contributed by atoms with Crippen LogP contribution in [0.4, 0.5) is 0 Å². The van der Waals surface area contributed by atoms with Gasteiger partial charge in [-0.2, -0.15) is 0 Å². The molecule has 0 aromatic rings. The van der Waals surface area contributed by atoms with Crippen molar-refractivity contribution in [2.45, 2.75) is 46.0 Å². The first-order chi connectivity index (χ1) is 7.41. The van der Waals surface area contributed by atoms with Gasteiger partial charge in [-0.15, -0.1) is 0 Å². The zero-order valence-electron chi connectivity index (χ0n) is 10.9. The highest BCUT2D eigenvalue weighted by atomic mass is 16.7. The summed E-state index contributed by atoms with van der Waals surface area (Å²) in [6.45, 7) is 10.5. The van der Waals surface area contributed by atoms with Crippen LogP contribution in [-0.2, 0) is 9.47 Å². The topological polar surface area (TPSA) is 50.7 Å². The third kappa shape index (κ3) is 4.01. The molecule has 96 valence electrons. The van der Waals surface area contributed by atoms with E-state index in [0.717, 1.165) is 19.5 Å². The summed E-state index contributed by atoms with van der Waals surface area (Å²) in [5, 5.41) is 12.6. The van der Waals surface area contributed by atoms with E-state index < -0.39 is 5.79 Å². The average molecular weight is 231 g/mol. The number of nitrogens with one attached hydrogen (secondary N) is 1. The van der Waals surface area contributed by atoms with Crippen molar-refractivity contribution in [2.24, 2.45) is 5.41 Å². The average Bonchev–Trinajstić information content (AvgIpc) is 2.58. The van der Waals surface area contributed by atoms with E-state index >= 15 is 0 Å². The van der Waals surface area contributed by atoms with E-state index in [1.54, 1.807) is 0 Å². The van der Waals surface area contributed by atoms with Crippen LogP contribution in [0.25, 0.3) is 0 Å². The zero-order valence-corrected chi connectivity index (χ0v) is 10.9. The van der Waals surface area contributed by atoms with E-state index in [1.165, 1.54) is 0 Å². The van der Waals surface area contributed by atoms with Crippen LogP contribution in [0.15, 0.2) is 0 Å². The Morgan fingerprint density at radius 3 is 2.62 bits per heavy atom. The standard InChI is InChI=1S/C12H25NO3/c1-5-12(4,9-14)8-13-6-10-7-15-11(2,3)16-10/h10,13-14H,5-9H2,1-4H3. The lowest BCUT2D eigenvalue weighted by molar-refractivity contribution is -0.137. The Bertz CT molecular complexity index is 214. The van der Waals surface area contributed by atoms with Crippen LogP contribution in [0.2, 0.25) is 0 Å². The Morgan fingerprint density at radius 1 is 1.50 bits per heavy atom. The van der Waals surface area contributed by atoms with E-state index in [9.17, 15) is 5.11 Å². The van der Waals surface area contributed by atoms with E-state index in [4.69, 9.17) is 9.47 Å². The van der Waals surface area contributed by atoms with Gasteiger partial charge in [-0.05, 0) is 20.3 Å². The van der Waals surface area contributed by atoms with Crippen molar-refractivity contribution in [2.75, 3.05) is 26.3 Å². The van der Waals surface area contributed by atoms with Crippen LogP contribution in [0.1, 0.15) is 34.1 Å². The van der Waals surface area contributed by atoms with Crippen LogP contribution in [0.5, 0.6) is 0 Å². The first kappa shape index (κ1) is 13.9. The van der Waals surface area contributed by atoms with Crippen molar-refractivity contribution in [3.8, 4) is 0 Å². The molecule has 16 heavy (non-hydrogen) atoms. The van der Waals surface area contributed by atoms with Gasteiger partial charge < -0.3 is 19.9 Å². The molecular weight excluding hydrogens is 206 g/mol. The van der Waals surface area contributed by atoms with E-state index in [1.807, 2.05) is 13.8 Å². The Hall–Kier alpha value is -0.160. The minimum absolute atomic E-state index is 0.0328. The minimum Gasteiger partial charge on any atom is -0.396 e. The Balaban J connectivity index is 2.21. The molecule has 0 spiro atoms. The van der Waals surface area contributed by atoms with E-state index in [2.05, 4.69) is 19.2 Å². The van der Waals surface area contributed by atoms with Gasteiger partial charge in [-0.1, -0.05) is 13.8 Å². The van der Waals surface area contributed by atoms with Crippen LogP contribution in [0, 0.1) is 5.41 Å². The van der Waals surface area contributed by atoms with Gasteiger partial charge in [0, 0.05) is 25.1 Å². The molecule has 0 saturated carbocycles. The number of aliphatic hydroxyl groups excluding tert-OH is 1. The van der Waals surface area contributed by atoms with Gasteiger partial charge in [0.05, 0.1) is 12.7 Å². The second-order valence-electron chi connectivity index (χ2n) is 5.40. The number of ether oxygens (including phenoxy) is 2. The van der Waals surface area contributed by atoms with Crippen molar-refractivity contribution in [1.29, 1.82) is 0 Å². The number of hydrogen-bond donors (Lipinski definition) is 2. The second-order valence-corrected chi connectivity index (χ2v) is 5.40. The fourth-order valence-electron chi connectivity index (χ4n) is 1.69. The molecule has 0 amide bonds. The molecule has 1 aliphatic heterocycles. The SMILES string of the molecule is CCC(C)(CO)CNCC1COC(C)(C)O1. The molecule has 2 unspecified atom stereocenters. The van der Waals surface area contributed by atoms with Crippen molar-refractivity contribution in [3.05, 3.63) is 0 Å². The third-order valence-corrected chi connectivity index (χ3v) is 3.23. The predicted octanol–water partition coefficient (Wildman–Crippen LogP) is 1.14. The summed E-state index contributed by atoms with van der Waals surface area (Å²) in [7, 11) is 0. The van der Waals surface area contributed by atoms with Gasteiger partial charge in [0.25, 0.3) is 0 Å². The lowest BCUT2D eigenvalue weighted by Gasteiger charge is -2.26. The molecule has 1 heterocycles. The normalized spacial score (nSPS) is 27.9. The first-order valence-corrected chi connectivity index (χ1v) is 6.04. The molecule has 0 aromatic heterocycles. The summed E-state index contributed by atoms with van der Waals surface area (Å²) in [5.41, 5.74) is -0.0328. The summed E-state index contributed by atoms with van der Waals surface area (Å²) < 4.78 is 11.2. The lowest BCUT2D eigenvalue weighted by Crippen LogP contribution is -2.39. The quantitative estimate of drug-likeness (QED) is 0.719. The summed E-state index contributed by atoms with van der Waals surface area (Å²) >= 11 is 0. The molecule has 1 aliphatic rings. The number of hydrogen-bond acceptors (Lipinski definition) is 4. The maximum atomic E-state index is 9.26. The van der Waals surface area contributed by atoms with Crippen LogP contribution in [-0.4, -0.2) is 43.3 Å². The lowest BCUT2D eigenvalue weighted by atomic mass is 9.88. The van der Waals surface area contributed by atoms with Gasteiger partial charge in [0.1, 0.15) is 0 Å². The largest absolute Gasteiger partial charge is 0.396 e. The van der Waals surface area contributed by atoms with E-state index in [-0.39, 0.29) is 18.1 Å². The van der Waals surface area contributed by atoms with Crippen LogP contribution >= 0.6 is 0 Å². The highest BCUT2D eigenvalue weighted by Gasteiger charge is 2.32. The van der Waals surface area contributed by atoms with Crippen molar-refractivity contribution < 1.29 is 14.6 Å². The fourth-order valence-corrected chi connectivity index (χ4v) is 1.69. The maximum absolute atomic E-state index is 9.26. The highest BCUT2D eigenvalue weighted by Crippen LogP contribution is 2.22. The summed E-state index contributed by atoms with van der Waals surface area (Å²) in [5.74, 6) is -0.447. The molecule has 0 aliphatic carbocycles. The Labute approximate surface area is 98.3 Å². The van der Waals surface area contributed by atoms with Crippen LogP contribution in [0.3, 0.4) is 0 Å². The monoisotopic (exact) mass is 231 g/mol. The summed E-state index contributed by atoms with van der Waals surface area (Å²) in [4.78, 5) is 0. The molecule has 0 radical (unpaired) electrons. The molecule has 1 rings (SSSR count). The van der Waals surface area contributed by atoms with Gasteiger partial charge in [0.2, 0.25) is 0 Å². The zero-order chi connectivity index (χ0) is 12.2. The molecule has 0 aromatic carbocycles. The molecule has 1 fully saturated rings. The van der Waals surface area contributed by atoms with Gasteiger partial charge in [0.15, 0.2) is 5.79 Å². The predicted molar refractivity (Wildman–Crippen MR) is 63.3 cm³/mol. The molecule has 2 N–H and O–H groups in total. The van der Waals surface area contributed by atoms with Gasteiger partial charge in [-0.3, -0.25) is 0 Å². The maximum Gasteiger partial charge on any atom is 0.163 e. The van der Waals surface area contributed by atoms with Crippen molar-refractivity contribution in [1.82, 2.24) is 5.32 Å². The Morgan fingerprint density at radius 2 is 2.19 bits per heavy atom.